The fourth-order valence-electron chi connectivity index (χ4n) is 2.65. The van der Waals surface area contributed by atoms with Crippen LogP contribution < -0.4 is 5.73 Å². The van der Waals surface area contributed by atoms with Gasteiger partial charge in [0, 0.05) is 19.1 Å². The van der Waals surface area contributed by atoms with Crippen LogP contribution in [0.3, 0.4) is 0 Å². The number of esters is 1. The van der Waals surface area contributed by atoms with Crippen molar-refractivity contribution in [2.24, 2.45) is 5.73 Å². The second-order valence-corrected chi connectivity index (χ2v) is 6.97. The van der Waals surface area contributed by atoms with E-state index in [2.05, 4.69) is 0 Å². The zero-order valence-electron chi connectivity index (χ0n) is 12.4. The van der Waals surface area contributed by atoms with Gasteiger partial charge in [-0.1, -0.05) is 18.2 Å². The van der Waals surface area contributed by atoms with Crippen molar-refractivity contribution in [1.29, 1.82) is 0 Å². The molecule has 1 aliphatic heterocycles. The Morgan fingerprint density at radius 1 is 1.41 bits per heavy atom. The minimum Gasteiger partial charge on any atom is -0.465 e. The highest BCUT2D eigenvalue weighted by Gasteiger charge is 2.33. The molecule has 1 aromatic rings. The Bertz CT molecular complexity index is 621. The van der Waals surface area contributed by atoms with Crippen molar-refractivity contribution in [3.05, 3.63) is 35.4 Å². The summed E-state index contributed by atoms with van der Waals surface area (Å²) >= 11 is 0. The summed E-state index contributed by atoms with van der Waals surface area (Å²) in [4.78, 5) is 11.7. The molecule has 1 unspecified atom stereocenters. The zero-order chi connectivity index (χ0) is 15.5. The highest BCUT2D eigenvalue weighted by atomic mass is 35.5. The molecule has 0 aliphatic carbocycles. The maximum absolute atomic E-state index is 12.6. The smallest absolute Gasteiger partial charge is 0.338 e. The average molecular weight is 349 g/mol. The van der Waals surface area contributed by atoms with Crippen molar-refractivity contribution < 1.29 is 17.9 Å². The summed E-state index contributed by atoms with van der Waals surface area (Å²) in [6.45, 7) is 0.808. The van der Waals surface area contributed by atoms with E-state index in [0.29, 0.717) is 18.7 Å². The summed E-state index contributed by atoms with van der Waals surface area (Å²) in [5.74, 6) is -0.744. The lowest BCUT2D eigenvalue weighted by Crippen LogP contribution is -2.40. The molecule has 1 heterocycles. The molecule has 124 valence electrons. The van der Waals surface area contributed by atoms with Gasteiger partial charge in [-0.25, -0.2) is 13.2 Å². The van der Waals surface area contributed by atoms with Crippen LogP contribution in [-0.4, -0.2) is 44.9 Å². The molecule has 1 atom stereocenters. The number of halogens is 1. The van der Waals surface area contributed by atoms with Crippen molar-refractivity contribution in [1.82, 2.24) is 4.31 Å². The molecule has 0 radical (unpaired) electrons. The van der Waals surface area contributed by atoms with Gasteiger partial charge in [0.2, 0.25) is 10.0 Å². The molecule has 0 aromatic heterocycles. The van der Waals surface area contributed by atoms with Crippen LogP contribution in [-0.2, 0) is 20.5 Å². The van der Waals surface area contributed by atoms with Crippen LogP contribution in [0, 0.1) is 0 Å². The third-order valence-electron chi connectivity index (χ3n) is 3.71. The van der Waals surface area contributed by atoms with Crippen molar-refractivity contribution in [2.45, 2.75) is 24.6 Å². The monoisotopic (exact) mass is 348 g/mol. The lowest BCUT2D eigenvalue weighted by Gasteiger charge is -2.23. The van der Waals surface area contributed by atoms with Gasteiger partial charge >= 0.3 is 5.97 Å². The Balaban J connectivity index is 0.00000242. The van der Waals surface area contributed by atoms with Gasteiger partial charge in [0.15, 0.2) is 0 Å². The van der Waals surface area contributed by atoms with Crippen LogP contribution in [0.5, 0.6) is 0 Å². The number of hydrogen-bond acceptors (Lipinski definition) is 5. The largest absolute Gasteiger partial charge is 0.465 e. The first-order valence-electron chi connectivity index (χ1n) is 6.85. The topological polar surface area (TPSA) is 89.7 Å². The number of carbonyl (C=O) groups is 1. The van der Waals surface area contributed by atoms with Gasteiger partial charge in [-0.05, 0) is 24.5 Å². The number of hydrogen-bond donors (Lipinski definition) is 1. The van der Waals surface area contributed by atoms with E-state index in [9.17, 15) is 13.2 Å². The van der Waals surface area contributed by atoms with E-state index in [0.717, 1.165) is 12.8 Å². The molecule has 1 aromatic carbocycles. The summed E-state index contributed by atoms with van der Waals surface area (Å²) in [5, 5.41) is 0. The molecule has 0 saturated carbocycles. The van der Waals surface area contributed by atoms with Gasteiger partial charge in [0.05, 0.1) is 18.4 Å². The summed E-state index contributed by atoms with van der Waals surface area (Å²) in [6.07, 6.45) is 1.61. The fourth-order valence-corrected chi connectivity index (χ4v) is 4.51. The Kier molecular flexibility index (Phi) is 6.80. The van der Waals surface area contributed by atoms with Crippen LogP contribution in [0.15, 0.2) is 24.3 Å². The second kappa shape index (κ2) is 7.92. The molecule has 1 fully saturated rings. The van der Waals surface area contributed by atoms with Crippen molar-refractivity contribution in [3.63, 3.8) is 0 Å². The quantitative estimate of drug-likeness (QED) is 0.806. The van der Waals surface area contributed by atoms with Gasteiger partial charge in [0.1, 0.15) is 0 Å². The van der Waals surface area contributed by atoms with Crippen molar-refractivity contribution in [3.8, 4) is 0 Å². The summed E-state index contributed by atoms with van der Waals surface area (Å²) in [5.41, 5.74) is 6.37. The van der Waals surface area contributed by atoms with E-state index >= 15 is 0 Å². The first-order valence-corrected chi connectivity index (χ1v) is 8.46. The maximum Gasteiger partial charge on any atom is 0.338 e. The number of nitrogens with zero attached hydrogens (tertiary/aromatic N) is 1. The number of benzene rings is 1. The SMILES string of the molecule is COC(=O)c1ccccc1CS(=O)(=O)N1CCCC1CN.Cl. The Morgan fingerprint density at radius 2 is 2.09 bits per heavy atom. The van der Waals surface area contributed by atoms with Crippen LogP contribution >= 0.6 is 12.4 Å². The molecule has 2 rings (SSSR count). The molecule has 1 aliphatic rings. The normalized spacial score (nSPS) is 18.7. The standard InChI is InChI=1S/C14H20N2O4S.ClH/c1-20-14(17)13-7-3-2-5-11(13)10-21(18,19)16-8-4-6-12(16)9-15;/h2-3,5,7,12H,4,6,8-10,15H2,1H3;1H. The predicted molar refractivity (Wildman–Crippen MR) is 86.4 cm³/mol. The third kappa shape index (κ3) is 3.98. The predicted octanol–water partition coefficient (Wildman–Crippen LogP) is 1.15. The highest BCUT2D eigenvalue weighted by Crippen LogP contribution is 2.24. The van der Waals surface area contributed by atoms with E-state index in [4.69, 9.17) is 10.5 Å². The lowest BCUT2D eigenvalue weighted by molar-refractivity contribution is 0.0600. The summed E-state index contributed by atoms with van der Waals surface area (Å²) in [6, 6.07) is 6.46. The maximum atomic E-state index is 12.6. The second-order valence-electron chi connectivity index (χ2n) is 5.05. The number of ether oxygens (including phenoxy) is 1. The van der Waals surface area contributed by atoms with Crippen LogP contribution in [0.4, 0.5) is 0 Å². The molecule has 6 nitrogen and oxygen atoms in total. The molecular weight excluding hydrogens is 328 g/mol. The van der Waals surface area contributed by atoms with Gasteiger partial charge in [-0.15, -0.1) is 12.4 Å². The first-order chi connectivity index (χ1) is 9.99. The van der Waals surface area contributed by atoms with E-state index < -0.39 is 16.0 Å². The Hall–Kier alpha value is -1.15. The molecule has 0 spiro atoms. The minimum atomic E-state index is -3.49. The average Bonchev–Trinajstić information content (AvgIpc) is 2.96. The molecule has 0 bridgehead atoms. The molecular formula is C14H21ClN2O4S. The van der Waals surface area contributed by atoms with Crippen LogP contribution in [0.25, 0.3) is 0 Å². The van der Waals surface area contributed by atoms with E-state index in [1.54, 1.807) is 24.3 Å². The molecule has 1 saturated heterocycles. The number of sulfonamides is 1. The van der Waals surface area contributed by atoms with Crippen LogP contribution in [0.2, 0.25) is 0 Å². The van der Waals surface area contributed by atoms with Crippen molar-refractivity contribution in [2.75, 3.05) is 20.2 Å². The molecule has 22 heavy (non-hydrogen) atoms. The molecule has 2 N–H and O–H groups in total. The van der Waals surface area contributed by atoms with Gasteiger partial charge in [-0.2, -0.15) is 4.31 Å². The van der Waals surface area contributed by atoms with Crippen molar-refractivity contribution >= 4 is 28.4 Å². The first kappa shape index (κ1) is 18.9. The lowest BCUT2D eigenvalue weighted by atomic mass is 10.1. The number of methoxy groups -OCH3 is 1. The summed E-state index contributed by atoms with van der Waals surface area (Å²) < 4.78 is 31.3. The Labute approximate surface area is 137 Å². The van der Waals surface area contributed by atoms with E-state index in [-0.39, 0.29) is 29.8 Å². The van der Waals surface area contributed by atoms with E-state index in [1.807, 2.05) is 0 Å². The number of rotatable bonds is 5. The number of carbonyl (C=O) groups excluding carboxylic acids is 1. The van der Waals surface area contributed by atoms with Gasteiger partial charge < -0.3 is 10.5 Å². The van der Waals surface area contributed by atoms with E-state index in [1.165, 1.54) is 11.4 Å². The Morgan fingerprint density at radius 3 is 2.73 bits per heavy atom. The molecule has 8 heteroatoms. The summed E-state index contributed by atoms with van der Waals surface area (Å²) in [7, 11) is -2.22. The van der Waals surface area contributed by atoms with Crippen LogP contribution in [0.1, 0.15) is 28.8 Å². The zero-order valence-corrected chi connectivity index (χ0v) is 14.0. The number of nitrogens with two attached hydrogens (primary N) is 1. The minimum absolute atomic E-state index is 0. The third-order valence-corrected chi connectivity index (χ3v) is 5.58. The highest BCUT2D eigenvalue weighted by molar-refractivity contribution is 7.88. The van der Waals surface area contributed by atoms with Gasteiger partial charge in [-0.3, -0.25) is 0 Å². The fraction of sp³-hybridized carbons (Fsp3) is 0.500. The van der Waals surface area contributed by atoms with Gasteiger partial charge in [0.25, 0.3) is 0 Å². The molecule has 0 amide bonds.